The first-order valence-electron chi connectivity index (χ1n) is 5.24. The molecule has 5 nitrogen and oxygen atoms in total. The fourth-order valence-corrected chi connectivity index (χ4v) is 1.51. The third-order valence-corrected chi connectivity index (χ3v) is 2.61. The zero-order valence-electron chi connectivity index (χ0n) is 9.99. The van der Waals surface area contributed by atoms with E-state index in [9.17, 15) is 9.59 Å². The Hall–Kier alpha value is -0.750. The van der Waals surface area contributed by atoms with Crippen LogP contribution in [-0.4, -0.2) is 42.6 Å². The summed E-state index contributed by atoms with van der Waals surface area (Å²) in [5.74, 6) is 0.0741. The number of hydrogen-bond acceptors (Lipinski definition) is 5. The van der Waals surface area contributed by atoms with E-state index in [-0.39, 0.29) is 5.91 Å². The number of carbonyl (C=O) groups is 2. The van der Waals surface area contributed by atoms with E-state index in [0.29, 0.717) is 13.0 Å². The van der Waals surface area contributed by atoms with Gasteiger partial charge in [-0.05, 0) is 32.3 Å². The molecule has 2 atom stereocenters. The molecule has 0 unspecified atom stereocenters. The van der Waals surface area contributed by atoms with Crippen LogP contribution in [0.15, 0.2) is 0 Å². The molecule has 0 aromatic carbocycles. The van der Waals surface area contributed by atoms with Crippen molar-refractivity contribution >= 4 is 23.6 Å². The maximum Gasteiger partial charge on any atom is 0.328 e. The Morgan fingerprint density at radius 3 is 2.62 bits per heavy atom. The molecule has 0 fully saturated rings. The highest BCUT2D eigenvalue weighted by Crippen LogP contribution is 1.99. The third kappa shape index (κ3) is 5.97. The fraction of sp³-hybridized carbons (Fsp3) is 0.800. The van der Waals surface area contributed by atoms with Crippen LogP contribution in [0.2, 0.25) is 0 Å². The minimum absolute atomic E-state index is 0.303. The number of carbonyl (C=O) groups excluding carboxylic acids is 2. The van der Waals surface area contributed by atoms with Crippen LogP contribution < -0.4 is 11.1 Å². The first kappa shape index (κ1) is 15.2. The molecule has 16 heavy (non-hydrogen) atoms. The van der Waals surface area contributed by atoms with Crippen LogP contribution >= 0.6 is 11.8 Å². The number of nitrogens with one attached hydrogen (secondary N) is 1. The second-order valence-corrected chi connectivity index (χ2v) is 4.36. The van der Waals surface area contributed by atoms with Gasteiger partial charge in [-0.3, -0.25) is 4.79 Å². The number of rotatable bonds is 7. The summed E-state index contributed by atoms with van der Waals surface area (Å²) in [5.41, 5.74) is 5.65. The number of ether oxygens (including phenoxy) is 1. The topological polar surface area (TPSA) is 81.4 Å². The van der Waals surface area contributed by atoms with Gasteiger partial charge in [0.2, 0.25) is 5.91 Å². The fourth-order valence-electron chi connectivity index (χ4n) is 1.02. The van der Waals surface area contributed by atoms with Crippen LogP contribution in [0.3, 0.4) is 0 Å². The molecule has 0 bridgehead atoms. The van der Waals surface area contributed by atoms with E-state index in [2.05, 4.69) is 5.32 Å². The molecule has 0 aromatic heterocycles. The summed E-state index contributed by atoms with van der Waals surface area (Å²) in [4.78, 5) is 22.7. The van der Waals surface area contributed by atoms with Gasteiger partial charge in [0.1, 0.15) is 6.04 Å². The minimum Gasteiger partial charge on any atom is -0.464 e. The number of thioether (sulfide) groups is 1. The van der Waals surface area contributed by atoms with Gasteiger partial charge in [0.25, 0.3) is 0 Å². The first-order chi connectivity index (χ1) is 7.52. The third-order valence-electron chi connectivity index (χ3n) is 1.97. The van der Waals surface area contributed by atoms with Gasteiger partial charge in [-0.25, -0.2) is 4.79 Å². The van der Waals surface area contributed by atoms with Crippen molar-refractivity contribution in [3.05, 3.63) is 0 Å². The number of esters is 1. The summed E-state index contributed by atoms with van der Waals surface area (Å²) in [6.07, 6.45) is 2.55. The summed E-state index contributed by atoms with van der Waals surface area (Å²) >= 11 is 1.63. The van der Waals surface area contributed by atoms with Crippen LogP contribution in [0.4, 0.5) is 0 Å². The average Bonchev–Trinajstić information content (AvgIpc) is 2.25. The second kappa shape index (κ2) is 8.41. The Morgan fingerprint density at radius 2 is 2.12 bits per heavy atom. The first-order valence-corrected chi connectivity index (χ1v) is 6.63. The Balaban J connectivity index is 3.97. The minimum atomic E-state index is -0.646. The lowest BCUT2D eigenvalue weighted by molar-refractivity contribution is -0.147. The zero-order chi connectivity index (χ0) is 12.6. The van der Waals surface area contributed by atoms with E-state index in [0.717, 1.165) is 5.75 Å². The van der Waals surface area contributed by atoms with Crippen LogP contribution in [0.1, 0.15) is 20.3 Å². The van der Waals surface area contributed by atoms with E-state index in [1.807, 2.05) is 6.26 Å². The van der Waals surface area contributed by atoms with Crippen LogP contribution in [0.5, 0.6) is 0 Å². The predicted octanol–water partition coefficient (Wildman–Crippen LogP) is 0.135. The van der Waals surface area contributed by atoms with Crippen LogP contribution in [-0.2, 0) is 14.3 Å². The van der Waals surface area contributed by atoms with Gasteiger partial charge in [-0.1, -0.05) is 0 Å². The summed E-state index contributed by atoms with van der Waals surface area (Å²) in [6.45, 7) is 3.60. The molecule has 0 saturated carbocycles. The smallest absolute Gasteiger partial charge is 0.328 e. The Morgan fingerprint density at radius 1 is 1.50 bits per heavy atom. The van der Waals surface area contributed by atoms with Crippen molar-refractivity contribution in [2.45, 2.75) is 32.4 Å². The molecule has 0 spiro atoms. The van der Waals surface area contributed by atoms with Crippen molar-refractivity contribution in [1.82, 2.24) is 5.32 Å². The van der Waals surface area contributed by atoms with Gasteiger partial charge < -0.3 is 15.8 Å². The summed E-state index contributed by atoms with van der Waals surface area (Å²) in [7, 11) is 0. The predicted molar refractivity (Wildman–Crippen MR) is 65.2 cm³/mol. The maximum absolute atomic E-state index is 11.5. The zero-order valence-corrected chi connectivity index (χ0v) is 10.8. The number of hydrogen-bond donors (Lipinski definition) is 2. The molecule has 94 valence electrons. The van der Waals surface area contributed by atoms with E-state index >= 15 is 0 Å². The van der Waals surface area contributed by atoms with Gasteiger partial charge in [0, 0.05) is 0 Å². The number of amides is 1. The Kier molecular flexibility index (Phi) is 8.01. The molecule has 0 rings (SSSR count). The standard InChI is InChI=1S/C10H20N2O3S/c1-4-15-10(14)7(2)12-9(13)8(11)5-6-16-3/h7-8H,4-6,11H2,1-3H3,(H,12,13)/t7-,8+/m0/s1. The van der Waals surface area contributed by atoms with Gasteiger partial charge in [0.15, 0.2) is 0 Å². The lowest BCUT2D eigenvalue weighted by Crippen LogP contribution is -2.47. The molecule has 6 heteroatoms. The lowest BCUT2D eigenvalue weighted by atomic mass is 10.2. The normalized spacial score (nSPS) is 14.0. The van der Waals surface area contributed by atoms with Crippen molar-refractivity contribution in [1.29, 1.82) is 0 Å². The monoisotopic (exact) mass is 248 g/mol. The molecule has 3 N–H and O–H groups in total. The van der Waals surface area contributed by atoms with Gasteiger partial charge >= 0.3 is 5.97 Å². The van der Waals surface area contributed by atoms with Crippen molar-refractivity contribution in [3.8, 4) is 0 Å². The molecule has 1 amide bonds. The van der Waals surface area contributed by atoms with Crippen LogP contribution in [0, 0.1) is 0 Å². The highest BCUT2D eigenvalue weighted by molar-refractivity contribution is 7.98. The highest BCUT2D eigenvalue weighted by Gasteiger charge is 2.20. The van der Waals surface area contributed by atoms with Gasteiger partial charge in [0.05, 0.1) is 12.6 Å². The summed E-state index contributed by atoms with van der Waals surface area (Å²) in [6, 6.07) is -1.21. The SMILES string of the molecule is CCOC(=O)[C@H](C)NC(=O)[C@H](N)CCSC. The van der Waals surface area contributed by atoms with Gasteiger partial charge in [-0.2, -0.15) is 11.8 Å². The van der Waals surface area contributed by atoms with E-state index in [1.54, 1.807) is 25.6 Å². The molecule has 0 aliphatic rings. The van der Waals surface area contributed by atoms with E-state index in [4.69, 9.17) is 10.5 Å². The van der Waals surface area contributed by atoms with Crippen molar-refractivity contribution < 1.29 is 14.3 Å². The average molecular weight is 248 g/mol. The second-order valence-electron chi connectivity index (χ2n) is 3.37. The largest absolute Gasteiger partial charge is 0.464 e. The molecule has 0 radical (unpaired) electrons. The Bertz CT molecular complexity index is 236. The van der Waals surface area contributed by atoms with Crippen LogP contribution in [0.25, 0.3) is 0 Å². The van der Waals surface area contributed by atoms with Crippen molar-refractivity contribution in [2.24, 2.45) is 5.73 Å². The molecule has 0 saturated heterocycles. The molecule has 0 heterocycles. The lowest BCUT2D eigenvalue weighted by Gasteiger charge is -2.16. The molecule has 0 aromatic rings. The quantitative estimate of drug-likeness (QED) is 0.626. The van der Waals surface area contributed by atoms with E-state index < -0.39 is 18.1 Å². The molecule has 0 aliphatic heterocycles. The van der Waals surface area contributed by atoms with Crippen molar-refractivity contribution in [2.75, 3.05) is 18.6 Å². The van der Waals surface area contributed by atoms with Crippen molar-refractivity contribution in [3.63, 3.8) is 0 Å². The van der Waals surface area contributed by atoms with E-state index in [1.165, 1.54) is 0 Å². The summed E-state index contributed by atoms with van der Waals surface area (Å²) < 4.78 is 4.77. The Labute approximate surface area is 100 Å². The molecular weight excluding hydrogens is 228 g/mol. The van der Waals surface area contributed by atoms with Gasteiger partial charge in [-0.15, -0.1) is 0 Å². The maximum atomic E-state index is 11.5. The molecular formula is C10H20N2O3S. The molecule has 0 aliphatic carbocycles. The highest BCUT2D eigenvalue weighted by atomic mass is 32.2. The summed E-state index contributed by atoms with van der Waals surface area (Å²) in [5, 5.41) is 2.53. The number of nitrogens with two attached hydrogens (primary N) is 1.